The molecular formula is C15H14N2O. The summed E-state index contributed by atoms with van der Waals surface area (Å²) < 4.78 is 5.57. The van der Waals surface area contributed by atoms with E-state index < -0.39 is 0 Å². The first-order valence-corrected chi connectivity index (χ1v) is 6.01. The van der Waals surface area contributed by atoms with Crippen LogP contribution in [0.2, 0.25) is 0 Å². The van der Waals surface area contributed by atoms with Gasteiger partial charge < -0.3 is 10.2 Å². The minimum atomic E-state index is 0.558. The molecule has 0 saturated carbocycles. The summed E-state index contributed by atoms with van der Waals surface area (Å²) in [5.74, 6) is 0.558. The second kappa shape index (κ2) is 4.18. The number of aromatic nitrogens is 1. The molecule has 2 heterocycles. The zero-order chi connectivity index (χ0) is 12.5. The van der Waals surface area contributed by atoms with Gasteiger partial charge in [0.25, 0.3) is 0 Å². The number of hydrogen-bond acceptors (Lipinski definition) is 3. The van der Waals surface area contributed by atoms with E-state index in [1.54, 1.807) is 6.26 Å². The van der Waals surface area contributed by atoms with Crippen molar-refractivity contribution in [1.82, 2.24) is 4.98 Å². The maximum absolute atomic E-state index is 5.74. The molecule has 0 bridgehead atoms. The second-order valence-electron chi connectivity index (χ2n) is 4.23. The quantitative estimate of drug-likeness (QED) is 0.741. The van der Waals surface area contributed by atoms with Crippen LogP contribution in [0, 0.1) is 0 Å². The maximum Gasteiger partial charge on any atom is 0.141 e. The van der Waals surface area contributed by atoms with E-state index in [1.165, 1.54) is 0 Å². The van der Waals surface area contributed by atoms with Crippen molar-refractivity contribution in [2.75, 3.05) is 5.73 Å². The topological polar surface area (TPSA) is 52.0 Å². The first-order chi connectivity index (χ1) is 8.79. The Morgan fingerprint density at radius 3 is 2.83 bits per heavy atom. The van der Waals surface area contributed by atoms with Crippen LogP contribution < -0.4 is 5.73 Å². The maximum atomic E-state index is 5.74. The number of pyridine rings is 1. The SMILES string of the molecule is CCc1nc(N)ccc1-c1cccc2ccoc12. The van der Waals surface area contributed by atoms with Gasteiger partial charge >= 0.3 is 0 Å². The minimum absolute atomic E-state index is 0.558. The lowest BCUT2D eigenvalue weighted by Gasteiger charge is -2.08. The first-order valence-electron chi connectivity index (χ1n) is 6.01. The molecule has 18 heavy (non-hydrogen) atoms. The highest BCUT2D eigenvalue weighted by Crippen LogP contribution is 2.31. The minimum Gasteiger partial charge on any atom is -0.464 e. The molecule has 0 aliphatic heterocycles. The number of para-hydroxylation sites is 1. The summed E-state index contributed by atoms with van der Waals surface area (Å²) in [5.41, 5.74) is 9.80. The smallest absolute Gasteiger partial charge is 0.141 e. The summed E-state index contributed by atoms with van der Waals surface area (Å²) in [6, 6.07) is 11.9. The molecule has 0 aliphatic rings. The molecule has 2 aromatic heterocycles. The number of anilines is 1. The Labute approximate surface area is 105 Å². The monoisotopic (exact) mass is 238 g/mol. The normalized spacial score (nSPS) is 10.9. The van der Waals surface area contributed by atoms with Gasteiger partial charge in [-0.3, -0.25) is 0 Å². The van der Waals surface area contributed by atoms with E-state index in [0.717, 1.165) is 34.2 Å². The van der Waals surface area contributed by atoms with Crippen molar-refractivity contribution in [3.05, 3.63) is 48.4 Å². The molecule has 90 valence electrons. The summed E-state index contributed by atoms with van der Waals surface area (Å²) in [5, 5.41) is 1.10. The molecule has 0 aliphatic carbocycles. The van der Waals surface area contributed by atoms with Gasteiger partial charge in [-0.1, -0.05) is 25.1 Å². The predicted octanol–water partition coefficient (Wildman–Crippen LogP) is 3.64. The van der Waals surface area contributed by atoms with Crippen LogP contribution in [0.3, 0.4) is 0 Å². The van der Waals surface area contributed by atoms with Crippen molar-refractivity contribution in [2.45, 2.75) is 13.3 Å². The average molecular weight is 238 g/mol. The van der Waals surface area contributed by atoms with Gasteiger partial charge in [-0.05, 0) is 24.6 Å². The molecule has 0 atom stereocenters. The predicted molar refractivity (Wildman–Crippen MR) is 73.2 cm³/mol. The fraction of sp³-hybridized carbons (Fsp3) is 0.133. The summed E-state index contributed by atoms with van der Waals surface area (Å²) in [4.78, 5) is 4.40. The molecule has 0 spiro atoms. The van der Waals surface area contributed by atoms with Crippen molar-refractivity contribution in [3.8, 4) is 11.1 Å². The van der Waals surface area contributed by atoms with Crippen LogP contribution in [0.4, 0.5) is 5.82 Å². The van der Waals surface area contributed by atoms with Gasteiger partial charge in [0.05, 0.1) is 12.0 Å². The third-order valence-corrected chi connectivity index (χ3v) is 3.10. The highest BCUT2D eigenvalue weighted by atomic mass is 16.3. The van der Waals surface area contributed by atoms with Gasteiger partial charge in [-0.25, -0.2) is 4.98 Å². The van der Waals surface area contributed by atoms with Gasteiger partial charge in [0, 0.05) is 16.5 Å². The van der Waals surface area contributed by atoms with Gasteiger partial charge in [0.15, 0.2) is 0 Å². The van der Waals surface area contributed by atoms with E-state index in [2.05, 4.69) is 18.0 Å². The largest absolute Gasteiger partial charge is 0.464 e. The zero-order valence-corrected chi connectivity index (χ0v) is 10.2. The fourth-order valence-electron chi connectivity index (χ4n) is 2.24. The molecule has 0 radical (unpaired) electrons. The number of furan rings is 1. The second-order valence-corrected chi connectivity index (χ2v) is 4.23. The van der Waals surface area contributed by atoms with E-state index in [9.17, 15) is 0 Å². The third kappa shape index (κ3) is 1.64. The Kier molecular flexibility index (Phi) is 2.52. The van der Waals surface area contributed by atoms with E-state index in [1.807, 2.05) is 30.3 Å². The van der Waals surface area contributed by atoms with Crippen molar-refractivity contribution in [3.63, 3.8) is 0 Å². The number of benzene rings is 1. The molecule has 3 nitrogen and oxygen atoms in total. The Morgan fingerprint density at radius 1 is 1.11 bits per heavy atom. The molecule has 0 amide bonds. The molecule has 3 aromatic rings. The molecular weight excluding hydrogens is 224 g/mol. The highest BCUT2D eigenvalue weighted by Gasteiger charge is 2.11. The Bertz CT molecular complexity index is 701. The van der Waals surface area contributed by atoms with Gasteiger partial charge in [-0.2, -0.15) is 0 Å². The zero-order valence-electron chi connectivity index (χ0n) is 10.2. The van der Waals surface area contributed by atoms with Crippen LogP contribution >= 0.6 is 0 Å². The van der Waals surface area contributed by atoms with Crippen molar-refractivity contribution in [1.29, 1.82) is 0 Å². The van der Waals surface area contributed by atoms with Gasteiger partial charge in [0.2, 0.25) is 0 Å². The van der Waals surface area contributed by atoms with E-state index >= 15 is 0 Å². The number of fused-ring (bicyclic) bond motifs is 1. The van der Waals surface area contributed by atoms with Crippen LogP contribution in [0.15, 0.2) is 47.1 Å². The standard InChI is InChI=1S/C15H14N2O/c1-2-13-11(6-7-14(16)17-13)12-5-3-4-10-8-9-18-15(10)12/h3-9H,2H2,1H3,(H2,16,17). The molecule has 0 saturated heterocycles. The molecule has 0 fully saturated rings. The van der Waals surface area contributed by atoms with Crippen molar-refractivity contribution in [2.24, 2.45) is 0 Å². The number of aryl methyl sites for hydroxylation is 1. The molecule has 3 rings (SSSR count). The lowest BCUT2D eigenvalue weighted by atomic mass is 10.0. The summed E-state index contributed by atoms with van der Waals surface area (Å²) in [6.45, 7) is 2.08. The fourth-order valence-corrected chi connectivity index (χ4v) is 2.24. The summed E-state index contributed by atoms with van der Waals surface area (Å²) in [7, 11) is 0. The molecule has 1 aromatic carbocycles. The number of nitrogens with two attached hydrogens (primary N) is 1. The molecule has 0 unspecified atom stereocenters. The van der Waals surface area contributed by atoms with Crippen LogP contribution in [0.1, 0.15) is 12.6 Å². The number of nitrogen functional groups attached to an aromatic ring is 1. The van der Waals surface area contributed by atoms with Crippen LogP contribution in [0.5, 0.6) is 0 Å². The van der Waals surface area contributed by atoms with Gasteiger partial charge in [-0.15, -0.1) is 0 Å². The Balaban J connectivity index is 2.29. The van der Waals surface area contributed by atoms with Crippen molar-refractivity contribution < 1.29 is 4.42 Å². The highest BCUT2D eigenvalue weighted by molar-refractivity contribution is 5.93. The van der Waals surface area contributed by atoms with Crippen molar-refractivity contribution >= 4 is 16.8 Å². The van der Waals surface area contributed by atoms with E-state index in [4.69, 9.17) is 10.2 Å². The lowest BCUT2D eigenvalue weighted by molar-refractivity contribution is 0.617. The Morgan fingerprint density at radius 2 is 2.00 bits per heavy atom. The third-order valence-electron chi connectivity index (χ3n) is 3.10. The van der Waals surface area contributed by atoms with Gasteiger partial charge in [0.1, 0.15) is 11.4 Å². The molecule has 2 N–H and O–H groups in total. The molecule has 3 heteroatoms. The number of nitrogens with zero attached hydrogens (tertiary/aromatic N) is 1. The number of rotatable bonds is 2. The summed E-state index contributed by atoms with van der Waals surface area (Å²) >= 11 is 0. The first kappa shape index (κ1) is 10.8. The average Bonchev–Trinajstić information content (AvgIpc) is 2.86. The Hall–Kier alpha value is -2.29. The van der Waals surface area contributed by atoms with Crippen LogP contribution in [-0.2, 0) is 6.42 Å². The summed E-state index contributed by atoms with van der Waals surface area (Å²) in [6.07, 6.45) is 2.56. The van der Waals surface area contributed by atoms with Crippen LogP contribution in [-0.4, -0.2) is 4.98 Å². The number of hydrogen-bond donors (Lipinski definition) is 1. The van der Waals surface area contributed by atoms with E-state index in [-0.39, 0.29) is 0 Å². The van der Waals surface area contributed by atoms with Crippen LogP contribution in [0.25, 0.3) is 22.1 Å². The lowest BCUT2D eigenvalue weighted by Crippen LogP contribution is -1.97. The van der Waals surface area contributed by atoms with E-state index in [0.29, 0.717) is 5.82 Å².